The van der Waals surface area contributed by atoms with Gasteiger partial charge in [0.1, 0.15) is 0 Å². The highest BCUT2D eigenvalue weighted by Crippen LogP contribution is 2.18. The molecule has 24 heavy (non-hydrogen) atoms. The smallest absolute Gasteiger partial charge is 0.335 e. The highest BCUT2D eigenvalue weighted by Gasteiger charge is 2.19. The number of aliphatic hydroxyl groups excluding tert-OH is 1. The van der Waals surface area contributed by atoms with E-state index in [1.807, 2.05) is 6.92 Å². The number of aromatic carboxylic acids is 1. The van der Waals surface area contributed by atoms with Gasteiger partial charge >= 0.3 is 5.97 Å². The van der Waals surface area contributed by atoms with Crippen molar-refractivity contribution in [2.45, 2.75) is 25.5 Å². The third-order valence-electron chi connectivity index (χ3n) is 3.54. The van der Waals surface area contributed by atoms with Gasteiger partial charge in [-0.3, -0.25) is 4.79 Å². The third-order valence-corrected chi connectivity index (χ3v) is 3.78. The van der Waals surface area contributed by atoms with Crippen LogP contribution in [0.3, 0.4) is 0 Å². The summed E-state index contributed by atoms with van der Waals surface area (Å²) in [5, 5.41) is 22.1. The van der Waals surface area contributed by atoms with Gasteiger partial charge in [-0.1, -0.05) is 35.9 Å². The number of nitrogens with one attached hydrogen (secondary N) is 1. The molecule has 2 aromatic carbocycles. The Morgan fingerprint density at radius 1 is 1.17 bits per heavy atom. The Morgan fingerprint density at radius 2 is 1.83 bits per heavy atom. The Kier molecular flexibility index (Phi) is 5.95. The number of halogens is 1. The van der Waals surface area contributed by atoms with Crippen LogP contribution >= 0.6 is 11.6 Å². The fourth-order valence-electron chi connectivity index (χ4n) is 2.34. The molecule has 1 amide bonds. The van der Waals surface area contributed by atoms with Gasteiger partial charge in [-0.05, 0) is 48.7 Å². The molecule has 0 heterocycles. The fraction of sp³-hybridized carbons (Fsp3) is 0.222. The van der Waals surface area contributed by atoms with Crippen LogP contribution in [0.15, 0.2) is 48.5 Å². The number of hydrogen-bond acceptors (Lipinski definition) is 3. The molecular weight excluding hydrogens is 330 g/mol. The van der Waals surface area contributed by atoms with Crippen LogP contribution in [0.5, 0.6) is 0 Å². The van der Waals surface area contributed by atoms with Gasteiger partial charge in [-0.15, -0.1) is 0 Å². The molecule has 2 atom stereocenters. The molecule has 0 aliphatic heterocycles. The summed E-state index contributed by atoms with van der Waals surface area (Å²) in [6.45, 7) is 1.81. The fourth-order valence-corrected chi connectivity index (χ4v) is 2.54. The summed E-state index contributed by atoms with van der Waals surface area (Å²) in [7, 11) is 0. The molecule has 0 aromatic heterocycles. The van der Waals surface area contributed by atoms with Crippen LogP contribution in [-0.4, -0.2) is 28.1 Å². The number of rotatable bonds is 6. The quantitative estimate of drug-likeness (QED) is 0.750. The number of benzene rings is 2. The van der Waals surface area contributed by atoms with Crippen molar-refractivity contribution < 1.29 is 19.8 Å². The predicted molar refractivity (Wildman–Crippen MR) is 91.1 cm³/mol. The van der Waals surface area contributed by atoms with Crippen molar-refractivity contribution in [1.82, 2.24) is 5.32 Å². The maximum atomic E-state index is 12.1. The predicted octanol–water partition coefficient (Wildman–Crippen LogP) is 2.82. The standard InChI is InChI=1S/C18H18ClNO4/c1-11(9-12-5-7-13(8-6-12)18(23)24)20-17(22)16(21)14-3-2-4-15(19)10-14/h2-8,10-11,16,21H,9H2,1H3,(H,20,22)(H,23,24)/t11-,16-/m1/s1. The second kappa shape index (κ2) is 7.95. The van der Waals surface area contributed by atoms with Crippen molar-refractivity contribution in [2.24, 2.45) is 0 Å². The minimum Gasteiger partial charge on any atom is -0.478 e. The summed E-state index contributed by atoms with van der Waals surface area (Å²) in [5.74, 6) is -1.49. The van der Waals surface area contributed by atoms with E-state index in [4.69, 9.17) is 16.7 Å². The lowest BCUT2D eigenvalue weighted by Crippen LogP contribution is -2.37. The zero-order valence-electron chi connectivity index (χ0n) is 13.1. The normalized spacial score (nSPS) is 13.1. The van der Waals surface area contributed by atoms with Gasteiger partial charge in [0.2, 0.25) is 0 Å². The molecule has 126 valence electrons. The van der Waals surface area contributed by atoms with Crippen LogP contribution in [0.2, 0.25) is 5.02 Å². The van der Waals surface area contributed by atoms with E-state index in [0.717, 1.165) is 5.56 Å². The molecule has 0 aliphatic rings. The second-order valence-corrected chi connectivity index (χ2v) is 6.01. The Hall–Kier alpha value is -2.37. The molecule has 0 radical (unpaired) electrons. The summed E-state index contributed by atoms with van der Waals surface area (Å²) < 4.78 is 0. The Morgan fingerprint density at radius 3 is 2.42 bits per heavy atom. The number of carbonyl (C=O) groups excluding carboxylic acids is 1. The molecule has 0 unspecified atom stereocenters. The number of carboxylic acid groups (broad SMARTS) is 1. The number of aliphatic hydroxyl groups is 1. The van der Waals surface area contributed by atoms with Crippen LogP contribution < -0.4 is 5.32 Å². The molecular formula is C18H18ClNO4. The minimum absolute atomic E-state index is 0.215. The minimum atomic E-state index is -1.29. The maximum Gasteiger partial charge on any atom is 0.335 e. The van der Waals surface area contributed by atoms with Gasteiger partial charge in [0.25, 0.3) is 5.91 Å². The number of amides is 1. The van der Waals surface area contributed by atoms with Crippen molar-refractivity contribution in [2.75, 3.05) is 0 Å². The molecule has 2 aromatic rings. The van der Waals surface area contributed by atoms with E-state index in [9.17, 15) is 14.7 Å². The van der Waals surface area contributed by atoms with Crippen molar-refractivity contribution in [3.05, 3.63) is 70.2 Å². The SMILES string of the molecule is C[C@H](Cc1ccc(C(=O)O)cc1)NC(=O)[C@H](O)c1cccc(Cl)c1. The van der Waals surface area contributed by atoms with Crippen LogP contribution in [0, 0.1) is 0 Å². The third kappa shape index (κ3) is 4.81. The summed E-state index contributed by atoms with van der Waals surface area (Å²) in [6, 6.07) is 12.7. The van der Waals surface area contributed by atoms with E-state index in [2.05, 4.69) is 5.32 Å². The summed E-state index contributed by atoms with van der Waals surface area (Å²) in [6.07, 6.45) is -0.769. The topological polar surface area (TPSA) is 86.6 Å². The number of carboxylic acids is 1. The van der Waals surface area contributed by atoms with Gasteiger partial charge < -0.3 is 15.5 Å². The lowest BCUT2D eigenvalue weighted by Gasteiger charge is -2.17. The first-order chi connectivity index (χ1) is 11.4. The van der Waals surface area contributed by atoms with E-state index in [-0.39, 0.29) is 11.6 Å². The zero-order chi connectivity index (χ0) is 17.7. The highest BCUT2D eigenvalue weighted by molar-refractivity contribution is 6.30. The van der Waals surface area contributed by atoms with Gasteiger partial charge in [-0.25, -0.2) is 4.79 Å². The molecule has 2 rings (SSSR count). The number of hydrogen-bond donors (Lipinski definition) is 3. The maximum absolute atomic E-state index is 12.1. The lowest BCUT2D eigenvalue weighted by molar-refractivity contribution is -0.130. The average molecular weight is 348 g/mol. The van der Waals surface area contributed by atoms with Gasteiger partial charge in [0.15, 0.2) is 6.10 Å². The Labute approximate surface area is 144 Å². The Bertz CT molecular complexity index is 730. The summed E-state index contributed by atoms with van der Waals surface area (Å²) in [4.78, 5) is 22.9. The number of carbonyl (C=O) groups is 2. The average Bonchev–Trinajstić information content (AvgIpc) is 2.54. The summed E-state index contributed by atoms with van der Waals surface area (Å²) >= 11 is 5.86. The molecule has 0 saturated heterocycles. The molecule has 0 spiro atoms. The van der Waals surface area contributed by atoms with Crippen molar-refractivity contribution in [1.29, 1.82) is 0 Å². The molecule has 6 heteroatoms. The van der Waals surface area contributed by atoms with E-state index >= 15 is 0 Å². The van der Waals surface area contributed by atoms with Crippen molar-refractivity contribution in [3.63, 3.8) is 0 Å². The highest BCUT2D eigenvalue weighted by atomic mass is 35.5. The van der Waals surface area contributed by atoms with E-state index in [1.54, 1.807) is 36.4 Å². The van der Waals surface area contributed by atoms with Crippen LogP contribution in [0.25, 0.3) is 0 Å². The first-order valence-corrected chi connectivity index (χ1v) is 7.80. The van der Waals surface area contributed by atoms with Crippen LogP contribution in [0.4, 0.5) is 0 Å². The molecule has 0 bridgehead atoms. The van der Waals surface area contributed by atoms with Crippen LogP contribution in [-0.2, 0) is 11.2 Å². The summed E-state index contributed by atoms with van der Waals surface area (Å²) in [5.41, 5.74) is 1.54. The van der Waals surface area contributed by atoms with Crippen molar-refractivity contribution in [3.8, 4) is 0 Å². The Balaban J connectivity index is 1.94. The first-order valence-electron chi connectivity index (χ1n) is 7.43. The first kappa shape index (κ1) is 18.0. The molecule has 0 saturated carbocycles. The zero-order valence-corrected chi connectivity index (χ0v) is 13.8. The van der Waals surface area contributed by atoms with Crippen LogP contribution in [0.1, 0.15) is 34.5 Å². The van der Waals surface area contributed by atoms with E-state index < -0.39 is 18.0 Å². The molecule has 0 aliphatic carbocycles. The lowest BCUT2D eigenvalue weighted by atomic mass is 10.0. The van der Waals surface area contributed by atoms with Gasteiger partial charge in [-0.2, -0.15) is 0 Å². The monoisotopic (exact) mass is 347 g/mol. The van der Waals surface area contributed by atoms with E-state index in [1.165, 1.54) is 12.1 Å². The van der Waals surface area contributed by atoms with E-state index in [0.29, 0.717) is 17.0 Å². The molecule has 3 N–H and O–H groups in total. The van der Waals surface area contributed by atoms with Gasteiger partial charge in [0.05, 0.1) is 5.56 Å². The molecule has 5 nitrogen and oxygen atoms in total. The van der Waals surface area contributed by atoms with Gasteiger partial charge in [0, 0.05) is 11.1 Å². The van der Waals surface area contributed by atoms with Crippen molar-refractivity contribution >= 4 is 23.5 Å². The molecule has 0 fully saturated rings. The second-order valence-electron chi connectivity index (χ2n) is 5.57. The largest absolute Gasteiger partial charge is 0.478 e.